The highest BCUT2D eigenvalue weighted by molar-refractivity contribution is 9.10. The Bertz CT molecular complexity index is 1290. The van der Waals surface area contributed by atoms with Gasteiger partial charge in [-0.15, -0.1) is 0 Å². The molecule has 0 aliphatic rings. The molecule has 0 saturated carbocycles. The lowest BCUT2D eigenvalue weighted by atomic mass is 10.1. The average molecular weight is 550 g/mol. The molecule has 0 aliphatic carbocycles. The van der Waals surface area contributed by atoms with E-state index < -0.39 is 5.91 Å². The van der Waals surface area contributed by atoms with Crippen LogP contribution in [0.1, 0.15) is 12.5 Å². The number of ether oxygens (including phenoxy) is 3. The van der Waals surface area contributed by atoms with Gasteiger partial charge in [-0.1, -0.05) is 18.2 Å². The third kappa shape index (κ3) is 7.35. The van der Waals surface area contributed by atoms with E-state index in [4.69, 9.17) is 14.2 Å². The third-order valence-corrected chi connectivity index (χ3v) is 5.35. The van der Waals surface area contributed by atoms with Crippen LogP contribution in [0.15, 0.2) is 76.8 Å². The minimum atomic E-state index is -0.561. The number of nitrogens with one attached hydrogen (secondary N) is 2. The van der Waals surface area contributed by atoms with Gasteiger partial charge in [-0.05, 0) is 83.0 Å². The molecular weight excluding hydrogens is 526 g/mol. The predicted octanol–water partition coefficient (Wildman–Crippen LogP) is 5.42. The summed E-state index contributed by atoms with van der Waals surface area (Å²) in [5.74, 6) is 0.428. The van der Waals surface area contributed by atoms with E-state index in [1.54, 1.807) is 48.5 Å². The number of methoxy groups -OCH3 is 1. The van der Waals surface area contributed by atoms with Gasteiger partial charge in [0.05, 0.1) is 18.2 Å². The van der Waals surface area contributed by atoms with Gasteiger partial charge in [0.2, 0.25) is 0 Å². The van der Waals surface area contributed by atoms with E-state index in [0.29, 0.717) is 45.3 Å². The first-order valence-corrected chi connectivity index (χ1v) is 11.7. The van der Waals surface area contributed by atoms with Gasteiger partial charge in [0.25, 0.3) is 11.8 Å². The molecule has 0 radical (unpaired) electrons. The lowest BCUT2D eigenvalue weighted by Crippen LogP contribution is -2.20. The van der Waals surface area contributed by atoms with Crippen molar-refractivity contribution in [3.8, 4) is 23.3 Å². The molecule has 2 amide bonds. The molecule has 3 rings (SSSR count). The summed E-state index contributed by atoms with van der Waals surface area (Å²) >= 11 is 3.42. The summed E-state index contributed by atoms with van der Waals surface area (Å²) in [5.41, 5.74) is 1.61. The summed E-state index contributed by atoms with van der Waals surface area (Å²) in [6.45, 7) is 2.18. The first-order valence-electron chi connectivity index (χ1n) is 10.9. The Kier molecular flexibility index (Phi) is 9.48. The van der Waals surface area contributed by atoms with Crippen LogP contribution in [0.25, 0.3) is 6.08 Å². The molecule has 2 N–H and O–H groups in total. The summed E-state index contributed by atoms with van der Waals surface area (Å²) in [5, 5.41) is 15.0. The van der Waals surface area contributed by atoms with Crippen LogP contribution in [0.3, 0.4) is 0 Å². The standard InChI is InChI=1S/C27H24BrN3O5/c1-3-35-22-11-9-21(10-12-22)31-27(33)19(16-29)13-18-14-23(28)26(24(15-18)34-2)36-17-25(32)30-20-7-5-4-6-8-20/h4-15H,3,17H2,1-2H3,(H,30,32)(H,31,33)/b19-13+. The highest BCUT2D eigenvalue weighted by atomic mass is 79.9. The maximum absolute atomic E-state index is 12.6. The Morgan fingerprint density at radius 3 is 2.33 bits per heavy atom. The lowest BCUT2D eigenvalue weighted by Gasteiger charge is -2.14. The molecule has 8 nitrogen and oxygen atoms in total. The number of hydrogen-bond acceptors (Lipinski definition) is 6. The van der Waals surface area contributed by atoms with Crippen LogP contribution in [0.5, 0.6) is 17.2 Å². The minimum absolute atomic E-state index is 0.103. The smallest absolute Gasteiger partial charge is 0.266 e. The van der Waals surface area contributed by atoms with E-state index in [9.17, 15) is 14.9 Å². The van der Waals surface area contributed by atoms with Crippen LogP contribution in [-0.4, -0.2) is 32.1 Å². The fourth-order valence-electron chi connectivity index (χ4n) is 3.13. The van der Waals surface area contributed by atoms with Crippen LogP contribution in [0.2, 0.25) is 0 Å². The topological polar surface area (TPSA) is 110 Å². The number of para-hydroxylation sites is 1. The quantitative estimate of drug-likeness (QED) is 0.258. The molecule has 0 heterocycles. The van der Waals surface area contributed by atoms with Gasteiger partial charge >= 0.3 is 0 Å². The Morgan fingerprint density at radius 1 is 1.00 bits per heavy atom. The van der Waals surface area contributed by atoms with E-state index in [1.165, 1.54) is 13.2 Å². The average Bonchev–Trinajstić information content (AvgIpc) is 2.88. The molecule has 0 bridgehead atoms. The molecular formula is C27H24BrN3O5. The van der Waals surface area contributed by atoms with Gasteiger partial charge in [0, 0.05) is 11.4 Å². The monoisotopic (exact) mass is 549 g/mol. The molecule has 184 valence electrons. The van der Waals surface area contributed by atoms with Gasteiger partial charge in [0.1, 0.15) is 17.4 Å². The molecule has 0 fully saturated rings. The van der Waals surface area contributed by atoms with Crippen molar-refractivity contribution in [1.29, 1.82) is 5.26 Å². The normalized spacial score (nSPS) is 10.7. The second kappa shape index (κ2) is 13.0. The molecule has 3 aromatic rings. The number of carbonyl (C=O) groups excluding carboxylic acids is 2. The van der Waals surface area contributed by atoms with Gasteiger partial charge < -0.3 is 24.8 Å². The van der Waals surface area contributed by atoms with Crippen molar-refractivity contribution in [3.05, 3.63) is 82.3 Å². The zero-order valence-corrected chi connectivity index (χ0v) is 21.3. The first-order chi connectivity index (χ1) is 17.4. The minimum Gasteiger partial charge on any atom is -0.494 e. The number of nitriles is 1. The van der Waals surface area contributed by atoms with E-state index in [-0.39, 0.29) is 18.1 Å². The van der Waals surface area contributed by atoms with Crippen LogP contribution in [0, 0.1) is 11.3 Å². The number of nitrogens with zero attached hydrogens (tertiary/aromatic N) is 1. The largest absolute Gasteiger partial charge is 0.494 e. The lowest BCUT2D eigenvalue weighted by molar-refractivity contribution is -0.118. The number of rotatable bonds is 10. The second-order valence-corrected chi connectivity index (χ2v) is 8.17. The number of benzene rings is 3. The Hall–Kier alpha value is -4.29. The summed E-state index contributed by atoms with van der Waals surface area (Å²) in [6, 6.07) is 21.1. The molecule has 0 spiro atoms. The van der Waals surface area contributed by atoms with Gasteiger partial charge in [-0.2, -0.15) is 5.26 Å². The highest BCUT2D eigenvalue weighted by Crippen LogP contribution is 2.37. The Labute approximate surface area is 217 Å². The fraction of sp³-hybridized carbons (Fsp3) is 0.148. The number of amides is 2. The first kappa shape index (κ1) is 26.3. The molecule has 0 saturated heterocycles. The van der Waals surface area contributed by atoms with Crippen molar-refractivity contribution in [1.82, 2.24) is 0 Å². The van der Waals surface area contributed by atoms with E-state index >= 15 is 0 Å². The van der Waals surface area contributed by atoms with E-state index in [0.717, 1.165) is 0 Å². The van der Waals surface area contributed by atoms with Crippen molar-refractivity contribution >= 4 is 45.2 Å². The molecule has 0 aromatic heterocycles. The zero-order chi connectivity index (χ0) is 25.9. The molecule has 0 aliphatic heterocycles. The van der Waals surface area contributed by atoms with Crippen LogP contribution >= 0.6 is 15.9 Å². The SMILES string of the molecule is CCOc1ccc(NC(=O)/C(C#N)=C/c2cc(Br)c(OCC(=O)Nc3ccccc3)c(OC)c2)cc1. The fourth-order valence-corrected chi connectivity index (χ4v) is 3.71. The molecule has 0 atom stereocenters. The zero-order valence-electron chi connectivity index (χ0n) is 19.7. The second-order valence-electron chi connectivity index (χ2n) is 7.32. The summed E-state index contributed by atoms with van der Waals surface area (Å²) in [7, 11) is 1.45. The maximum atomic E-state index is 12.6. The van der Waals surface area contributed by atoms with Crippen molar-refractivity contribution in [2.45, 2.75) is 6.92 Å². The Balaban J connectivity index is 1.71. The molecule has 0 unspecified atom stereocenters. The third-order valence-electron chi connectivity index (χ3n) is 4.76. The van der Waals surface area contributed by atoms with Crippen molar-refractivity contribution in [2.24, 2.45) is 0 Å². The van der Waals surface area contributed by atoms with Gasteiger partial charge in [0.15, 0.2) is 18.1 Å². The van der Waals surface area contributed by atoms with Crippen molar-refractivity contribution in [2.75, 3.05) is 31.0 Å². The number of halogens is 1. The Morgan fingerprint density at radius 2 is 1.69 bits per heavy atom. The van der Waals surface area contributed by atoms with Crippen LogP contribution in [0.4, 0.5) is 11.4 Å². The maximum Gasteiger partial charge on any atom is 0.266 e. The predicted molar refractivity (Wildman–Crippen MR) is 141 cm³/mol. The van der Waals surface area contributed by atoms with Crippen LogP contribution in [-0.2, 0) is 9.59 Å². The number of anilines is 2. The molecule has 3 aromatic carbocycles. The number of carbonyl (C=O) groups is 2. The summed E-state index contributed by atoms with van der Waals surface area (Å²) < 4.78 is 17.0. The van der Waals surface area contributed by atoms with Crippen molar-refractivity contribution in [3.63, 3.8) is 0 Å². The van der Waals surface area contributed by atoms with E-state index in [2.05, 4.69) is 26.6 Å². The summed E-state index contributed by atoms with van der Waals surface area (Å²) in [6.07, 6.45) is 1.43. The highest BCUT2D eigenvalue weighted by Gasteiger charge is 2.15. The van der Waals surface area contributed by atoms with Crippen molar-refractivity contribution < 1.29 is 23.8 Å². The number of hydrogen-bond donors (Lipinski definition) is 2. The molecule has 36 heavy (non-hydrogen) atoms. The van der Waals surface area contributed by atoms with Gasteiger partial charge in [-0.3, -0.25) is 9.59 Å². The summed E-state index contributed by atoms with van der Waals surface area (Å²) in [4.78, 5) is 24.9. The van der Waals surface area contributed by atoms with E-state index in [1.807, 2.05) is 31.2 Å². The van der Waals surface area contributed by atoms with Gasteiger partial charge in [-0.25, -0.2) is 0 Å². The van der Waals surface area contributed by atoms with Crippen LogP contribution < -0.4 is 24.8 Å². The molecule has 9 heteroatoms.